The highest BCUT2D eigenvalue weighted by Gasteiger charge is 2.33. The van der Waals surface area contributed by atoms with Crippen LogP contribution in [0.15, 0.2) is 24.3 Å². The lowest BCUT2D eigenvalue weighted by molar-refractivity contribution is -0.135. The van der Waals surface area contributed by atoms with Gasteiger partial charge in [0.25, 0.3) is 0 Å². The number of nitrogens with zero attached hydrogens (tertiary/aromatic N) is 3. The molecule has 0 spiro atoms. The van der Waals surface area contributed by atoms with E-state index in [9.17, 15) is 14.4 Å². The molecule has 7 nitrogen and oxygen atoms in total. The van der Waals surface area contributed by atoms with Gasteiger partial charge in [0.1, 0.15) is 6.54 Å². The van der Waals surface area contributed by atoms with E-state index < -0.39 is 0 Å². The van der Waals surface area contributed by atoms with Gasteiger partial charge in [-0.05, 0) is 24.0 Å². The van der Waals surface area contributed by atoms with Gasteiger partial charge in [0.05, 0.1) is 6.04 Å². The summed E-state index contributed by atoms with van der Waals surface area (Å²) in [5.41, 5.74) is 2.42. The minimum absolute atomic E-state index is 0. The van der Waals surface area contributed by atoms with Crippen molar-refractivity contribution in [2.75, 3.05) is 39.8 Å². The number of rotatable bonds is 6. The predicted octanol–water partition coefficient (Wildman–Crippen LogP) is 1.82. The number of benzene rings is 1. The molecular weight excluding hydrogens is 380 g/mol. The fourth-order valence-electron chi connectivity index (χ4n) is 3.70. The normalized spacial score (nSPS) is 19.8. The third-order valence-corrected chi connectivity index (χ3v) is 5.34. The van der Waals surface area contributed by atoms with Crippen LogP contribution in [0.5, 0.6) is 0 Å². The van der Waals surface area contributed by atoms with Crippen molar-refractivity contribution in [1.29, 1.82) is 0 Å². The summed E-state index contributed by atoms with van der Waals surface area (Å²) in [4.78, 5) is 41.1. The lowest BCUT2D eigenvalue weighted by Crippen LogP contribution is -2.48. The van der Waals surface area contributed by atoms with Crippen LogP contribution in [0.25, 0.3) is 0 Å². The smallest absolute Gasteiger partial charge is 0.326 e. The largest absolute Gasteiger partial charge is 0.333 e. The maximum Gasteiger partial charge on any atom is 0.326 e. The third kappa shape index (κ3) is 4.83. The molecule has 0 aliphatic carbocycles. The van der Waals surface area contributed by atoms with Crippen molar-refractivity contribution >= 4 is 30.3 Å². The van der Waals surface area contributed by atoms with E-state index in [1.807, 2.05) is 4.90 Å². The number of imide groups is 1. The molecule has 28 heavy (non-hydrogen) atoms. The van der Waals surface area contributed by atoms with E-state index in [0.29, 0.717) is 25.9 Å². The van der Waals surface area contributed by atoms with Crippen molar-refractivity contribution < 1.29 is 14.4 Å². The van der Waals surface area contributed by atoms with Gasteiger partial charge in [-0.3, -0.25) is 14.5 Å². The molecule has 2 aliphatic heterocycles. The summed E-state index contributed by atoms with van der Waals surface area (Å²) in [7, 11) is 1.61. The summed E-state index contributed by atoms with van der Waals surface area (Å²) in [5, 5.41) is 3.37. The second-order valence-corrected chi connectivity index (χ2v) is 7.19. The summed E-state index contributed by atoms with van der Waals surface area (Å²) in [6.07, 6.45) is 1.83. The van der Waals surface area contributed by atoms with Crippen molar-refractivity contribution in [3.8, 4) is 0 Å². The summed E-state index contributed by atoms with van der Waals surface area (Å²) >= 11 is 0. The molecule has 3 rings (SSSR count). The Bertz CT molecular complexity index is 710. The first kappa shape index (κ1) is 22.2. The SMILES string of the molecule is CCc1ccc(C2CNCCN2C(=O)CCCN2C(=O)CN(C)C2=O)cc1.Cl. The second kappa shape index (κ2) is 9.89. The molecule has 2 heterocycles. The lowest BCUT2D eigenvalue weighted by atomic mass is 10.0. The van der Waals surface area contributed by atoms with Crippen LogP contribution in [0, 0.1) is 0 Å². The van der Waals surface area contributed by atoms with Gasteiger partial charge in [-0.2, -0.15) is 0 Å². The van der Waals surface area contributed by atoms with Gasteiger partial charge in [-0.15, -0.1) is 12.4 Å². The van der Waals surface area contributed by atoms with E-state index >= 15 is 0 Å². The number of amides is 4. The van der Waals surface area contributed by atoms with E-state index in [4.69, 9.17) is 0 Å². The van der Waals surface area contributed by atoms with Gasteiger partial charge in [-0.1, -0.05) is 31.2 Å². The van der Waals surface area contributed by atoms with E-state index in [0.717, 1.165) is 25.1 Å². The average Bonchev–Trinajstić information content (AvgIpc) is 2.94. The number of urea groups is 1. The summed E-state index contributed by atoms with van der Waals surface area (Å²) < 4.78 is 0. The van der Waals surface area contributed by atoms with E-state index in [2.05, 4.69) is 36.5 Å². The number of piperazine rings is 1. The van der Waals surface area contributed by atoms with Crippen molar-refractivity contribution in [2.45, 2.75) is 32.2 Å². The zero-order valence-corrected chi connectivity index (χ0v) is 17.3. The molecule has 1 aromatic carbocycles. The molecule has 8 heteroatoms. The Hall–Kier alpha value is -2.12. The number of aryl methyl sites for hydroxylation is 1. The van der Waals surface area contributed by atoms with Crippen molar-refractivity contribution in [2.24, 2.45) is 0 Å². The number of carbonyl (C=O) groups is 3. The third-order valence-electron chi connectivity index (χ3n) is 5.34. The Kier molecular flexibility index (Phi) is 7.83. The van der Waals surface area contributed by atoms with Crippen LogP contribution in [0.4, 0.5) is 4.79 Å². The Morgan fingerprint density at radius 1 is 1.21 bits per heavy atom. The quantitative estimate of drug-likeness (QED) is 0.729. The topological polar surface area (TPSA) is 73.0 Å². The van der Waals surface area contributed by atoms with Gasteiger partial charge in [0.15, 0.2) is 0 Å². The van der Waals surface area contributed by atoms with Gasteiger partial charge in [0.2, 0.25) is 11.8 Å². The number of hydrogen-bond donors (Lipinski definition) is 1. The summed E-state index contributed by atoms with van der Waals surface area (Å²) in [5.74, 6) is -0.112. The Balaban J connectivity index is 0.00000280. The van der Waals surface area contributed by atoms with Crippen LogP contribution in [0.3, 0.4) is 0 Å². The number of nitrogens with one attached hydrogen (secondary N) is 1. The molecule has 4 amide bonds. The van der Waals surface area contributed by atoms with Crippen molar-refractivity contribution in [1.82, 2.24) is 20.0 Å². The lowest BCUT2D eigenvalue weighted by Gasteiger charge is -2.37. The highest BCUT2D eigenvalue weighted by Crippen LogP contribution is 2.24. The Labute approximate surface area is 172 Å². The zero-order valence-electron chi connectivity index (χ0n) is 16.5. The van der Waals surface area contributed by atoms with Crippen molar-refractivity contribution in [3.63, 3.8) is 0 Å². The Morgan fingerprint density at radius 3 is 2.54 bits per heavy atom. The highest BCUT2D eigenvalue weighted by molar-refractivity contribution is 6.01. The Morgan fingerprint density at radius 2 is 1.93 bits per heavy atom. The van der Waals surface area contributed by atoms with Gasteiger partial charge < -0.3 is 15.1 Å². The molecule has 0 saturated carbocycles. The van der Waals surface area contributed by atoms with Crippen LogP contribution in [-0.4, -0.2) is 72.3 Å². The average molecular weight is 409 g/mol. The standard InChI is InChI=1S/C20H28N4O3.ClH/c1-3-15-6-8-16(9-7-15)17-13-21-10-12-23(17)18(25)5-4-11-24-19(26)14-22(2)20(24)27;/h6-9,17,21H,3-5,10-14H2,1-2H3;1H. The molecule has 2 aliphatic rings. The first-order valence-electron chi connectivity index (χ1n) is 9.65. The fourth-order valence-corrected chi connectivity index (χ4v) is 3.70. The maximum absolute atomic E-state index is 12.8. The second-order valence-electron chi connectivity index (χ2n) is 7.19. The highest BCUT2D eigenvalue weighted by atomic mass is 35.5. The molecule has 154 valence electrons. The minimum Gasteiger partial charge on any atom is -0.333 e. The van der Waals surface area contributed by atoms with E-state index in [1.54, 1.807) is 7.05 Å². The number of halogens is 1. The molecule has 1 aromatic rings. The van der Waals surface area contributed by atoms with Crippen molar-refractivity contribution in [3.05, 3.63) is 35.4 Å². The van der Waals surface area contributed by atoms with Gasteiger partial charge in [-0.25, -0.2) is 4.79 Å². The molecule has 2 fully saturated rings. The van der Waals surface area contributed by atoms with Crippen LogP contribution in [0.1, 0.15) is 36.9 Å². The van der Waals surface area contributed by atoms with Crippen LogP contribution in [-0.2, 0) is 16.0 Å². The predicted molar refractivity (Wildman–Crippen MR) is 109 cm³/mol. The van der Waals surface area contributed by atoms with Crippen LogP contribution >= 0.6 is 12.4 Å². The molecule has 1 unspecified atom stereocenters. The van der Waals surface area contributed by atoms with Crippen LogP contribution < -0.4 is 5.32 Å². The van der Waals surface area contributed by atoms with Gasteiger partial charge >= 0.3 is 6.03 Å². The molecule has 1 N–H and O–H groups in total. The summed E-state index contributed by atoms with van der Waals surface area (Å²) in [6.45, 7) is 4.74. The monoisotopic (exact) mass is 408 g/mol. The number of hydrogen-bond acceptors (Lipinski definition) is 4. The first-order chi connectivity index (χ1) is 13.0. The fraction of sp³-hybridized carbons (Fsp3) is 0.550. The maximum atomic E-state index is 12.8. The zero-order chi connectivity index (χ0) is 19.4. The first-order valence-corrected chi connectivity index (χ1v) is 9.65. The molecule has 2 saturated heterocycles. The number of likely N-dealkylation sites (N-methyl/N-ethyl adjacent to an activating group) is 1. The molecule has 0 aromatic heterocycles. The molecule has 0 bridgehead atoms. The molecule has 0 radical (unpaired) electrons. The molecular formula is C20H29ClN4O3. The van der Waals surface area contributed by atoms with Gasteiger partial charge in [0, 0.05) is 39.6 Å². The van der Waals surface area contributed by atoms with Crippen LogP contribution in [0.2, 0.25) is 0 Å². The number of carbonyl (C=O) groups excluding carboxylic acids is 3. The van der Waals surface area contributed by atoms with E-state index in [1.165, 1.54) is 15.4 Å². The minimum atomic E-state index is -0.275. The summed E-state index contributed by atoms with van der Waals surface area (Å²) in [6, 6.07) is 8.20. The molecule has 1 atom stereocenters. The van der Waals surface area contributed by atoms with E-state index in [-0.39, 0.29) is 42.8 Å².